The molecule has 84 valence electrons. The lowest BCUT2D eigenvalue weighted by Gasteiger charge is -2.10. The minimum Gasteiger partial charge on any atom is -0.324 e. The topological polar surface area (TPSA) is 26.0 Å². The van der Waals surface area contributed by atoms with E-state index < -0.39 is 0 Å². The molecule has 2 N–H and O–H groups in total. The minimum absolute atomic E-state index is 0.0304. The van der Waals surface area contributed by atoms with Crippen molar-refractivity contribution in [2.75, 3.05) is 0 Å². The van der Waals surface area contributed by atoms with Crippen LogP contribution in [-0.4, -0.2) is 0 Å². The third kappa shape index (κ3) is 3.08. The maximum atomic E-state index is 6.13. The minimum atomic E-state index is 0.0304. The largest absolute Gasteiger partial charge is 0.324 e. The Balaban J connectivity index is 2.08. The molecule has 0 saturated heterocycles. The molecule has 1 atom stereocenters. The van der Waals surface area contributed by atoms with E-state index in [1.54, 1.807) is 11.3 Å². The first kappa shape index (κ1) is 12.1. The highest BCUT2D eigenvalue weighted by Crippen LogP contribution is 2.25. The van der Waals surface area contributed by atoms with Crippen LogP contribution in [0, 0.1) is 0 Å². The molecule has 1 nitrogen and oxygen atoms in total. The van der Waals surface area contributed by atoms with Crippen LogP contribution in [0.3, 0.4) is 0 Å². The number of halogens is 2. The molecule has 1 aromatic carbocycles. The van der Waals surface area contributed by atoms with Gasteiger partial charge in [-0.2, -0.15) is 0 Å². The van der Waals surface area contributed by atoms with E-state index >= 15 is 0 Å². The normalized spacial score (nSPS) is 12.7. The number of nitrogens with two attached hydrogens (primary N) is 1. The van der Waals surface area contributed by atoms with Crippen molar-refractivity contribution in [3.8, 4) is 0 Å². The van der Waals surface area contributed by atoms with E-state index in [9.17, 15) is 0 Å². The Hall–Kier alpha value is -0.350. The standard InChI is InChI=1S/C12H11BrClNS/c13-9-5-11(16-7-9)6-12(15)8-1-3-10(14)4-2-8/h1-5,7,12H,6,15H2. The van der Waals surface area contributed by atoms with E-state index in [0.29, 0.717) is 0 Å². The van der Waals surface area contributed by atoms with Crippen molar-refractivity contribution in [1.29, 1.82) is 0 Å². The summed E-state index contributed by atoms with van der Waals surface area (Å²) in [6.07, 6.45) is 0.859. The molecule has 0 saturated carbocycles. The molecule has 0 spiro atoms. The fourth-order valence-corrected chi connectivity index (χ4v) is 3.14. The van der Waals surface area contributed by atoms with Gasteiger partial charge < -0.3 is 5.73 Å². The molecule has 0 bridgehead atoms. The summed E-state index contributed by atoms with van der Waals surface area (Å²) in [5.41, 5.74) is 7.25. The van der Waals surface area contributed by atoms with E-state index in [-0.39, 0.29) is 6.04 Å². The molecule has 1 heterocycles. The first-order valence-electron chi connectivity index (χ1n) is 4.89. The van der Waals surface area contributed by atoms with Gasteiger partial charge in [0.1, 0.15) is 0 Å². The Bertz CT molecular complexity index is 466. The van der Waals surface area contributed by atoms with Crippen molar-refractivity contribution >= 4 is 38.9 Å². The summed E-state index contributed by atoms with van der Waals surface area (Å²) in [6, 6.07) is 9.86. The molecule has 0 amide bonds. The van der Waals surface area contributed by atoms with E-state index in [1.165, 1.54) is 4.88 Å². The Morgan fingerprint density at radius 3 is 2.56 bits per heavy atom. The number of hydrogen-bond acceptors (Lipinski definition) is 2. The lowest BCUT2D eigenvalue weighted by molar-refractivity contribution is 0.730. The third-order valence-electron chi connectivity index (χ3n) is 2.34. The first-order chi connectivity index (χ1) is 7.65. The van der Waals surface area contributed by atoms with Gasteiger partial charge in [-0.1, -0.05) is 23.7 Å². The zero-order chi connectivity index (χ0) is 11.5. The number of benzene rings is 1. The predicted octanol–water partition coefficient (Wildman–Crippen LogP) is 4.41. The first-order valence-corrected chi connectivity index (χ1v) is 6.94. The van der Waals surface area contributed by atoms with Gasteiger partial charge in [-0.15, -0.1) is 11.3 Å². The van der Waals surface area contributed by atoms with Gasteiger partial charge in [-0.25, -0.2) is 0 Å². The van der Waals surface area contributed by atoms with Gasteiger partial charge in [0, 0.05) is 32.2 Å². The summed E-state index contributed by atoms with van der Waals surface area (Å²) in [5, 5.41) is 2.82. The average molecular weight is 317 g/mol. The van der Waals surface area contributed by atoms with Gasteiger partial charge in [-0.05, 0) is 39.7 Å². The zero-order valence-electron chi connectivity index (χ0n) is 8.49. The second-order valence-corrected chi connectivity index (χ2v) is 5.94. The Kier molecular flexibility index (Phi) is 4.03. The van der Waals surface area contributed by atoms with Crippen LogP contribution in [0.15, 0.2) is 40.2 Å². The highest BCUT2D eigenvalue weighted by atomic mass is 79.9. The quantitative estimate of drug-likeness (QED) is 0.892. The molecular weight excluding hydrogens is 306 g/mol. The Morgan fingerprint density at radius 2 is 2.00 bits per heavy atom. The van der Waals surface area contributed by atoms with Crippen molar-refractivity contribution in [3.05, 3.63) is 55.6 Å². The molecule has 0 radical (unpaired) electrons. The SMILES string of the molecule is NC(Cc1cc(Br)cs1)c1ccc(Cl)cc1. The summed E-state index contributed by atoms with van der Waals surface area (Å²) >= 11 is 11.0. The summed E-state index contributed by atoms with van der Waals surface area (Å²) in [6.45, 7) is 0. The molecule has 4 heteroatoms. The maximum Gasteiger partial charge on any atom is 0.0406 e. The van der Waals surface area contributed by atoms with Crippen molar-refractivity contribution in [2.24, 2.45) is 5.73 Å². The van der Waals surface area contributed by atoms with Crippen molar-refractivity contribution in [2.45, 2.75) is 12.5 Å². The highest BCUT2D eigenvalue weighted by Gasteiger charge is 2.08. The molecule has 0 fully saturated rings. The Morgan fingerprint density at radius 1 is 1.31 bits per heavy atom. The second-order valence-electron chi connectivity index (χ2n) is 3.59. The number of rotatable bonds is 3. The van der Waals surface area contributed by atoms with Crippen LogP contribution in [0.5, 0.6) is 0 Å². The number of thiophene rings is 1. The van der Waals surface area contributed by atoms with Gasteiger partial charge in [0.2, 0.25) is 0 Å². The van der Waals surface area contributed by atoms with Crippen LogP contribution in [0.1, 0.15) is 16.5 Å². The highest BCUT2D eigenvalue weighted by molar-refractivity contribution is 9.10. The maximum absolute atomic E-state index is 6.13. The van der Waals surface area contributed by atoms with Crippen LogP contribution >= 0.6 is 38.9 Å². The van der Waals surface area contributed by atoms with E-state index in [0.717, 1.165) is 21.5 Å². The van der Waals surface area contributed by atoms with Crippen LogP contribution < -0.4 is 5.73 Å². The molecule has 1 unspecified atom stereocenters. The predicted molar refractivity (Wildman–Crippen MR) is 74.1 cm³/mol. The van der Waals surface area contributed by atoms with Gasteiger partial charge in [0.25, 0.3) is 0 Å². The molecule has 0 aliphatic heterocycles. The second kappa shape index (κ2) is 5.32. The summed E-state index contributed by atoms with van der Waals surface area (Å²) < 4.78 is 1.12. The van der Waals surface area contributed by atoms with Crippen molar-refractivity contribution in [1.82, 2.24) is 0 Å². The van der Waals surface area contributed by atoms with Crippen LogP contribution in [0.2, 0.25) is 5.02 Å². The van der Waals surface area contributed by atoms with Gasteiger partial charge in [0.15, 0.2) is 0 Å². The van der Waals surface area contributed by atoms with E-state index in [2.05, 4.69) is 27.4 Å². The molecule has 0 aliphatic carbocycles. The van der Waals surface area contributed by atoms with Crippen molar-refractivity contribution in [3.63, 3.8) is 0 Å². The van der Waals surface area contributed by atoms with Crippen LogP contribution in [0.25, 0.3) is 0 Å². The zero-order valence-corrected chi connectivity index (χ0v) is 11.6. The average Bonchev–Trinajstić information content (AvgIpc) is 2.65. The summed E-state index contributed by atoms with van der Waals surface area (Å²) in [7, 11) is 0. The summed E-state index contributed by atoms with van der Waals surface area (Å²) in [5.74, 6) is 0. The van der Waals surface area contributed by atoms with Gasteiger partial charge in [0.05, 0.1) is 0 Å². The molecule has 2 rings (SSSR count). The molecule has 0 aliphatic rings. The number of hydrogen-bond donors (Lipinski definition) is 1. The molecule has 1 aromatic heterocycles. The fraction of sp³-hybridized carbons (Fsp3) is 0.167. The lowest BCUT2D eigenvalue weighted by Crippen LogP contribution is -2.12. The summed E-state index contributed by atoms with van der Waals surface area (Å²) in [4.78, 5) is 1.29. The lowest BCUT2D eigenvalue weighted by atomic mass is 10.0. The van der Waals surface area contributed by atoms with E-state index in [4.69, 9.17) is 17.3 Å². The van der Waals surface area contributed by atoms with Crippen molar-refractivity contribution < 1.29 is 0 Å². The third-order valence-corrected chi connectivity index (χ3v) is 4.31. The van der Waals surface area contributed by atoms with Gasteiger partial charge >= 0.3 is 0 Å². The molecule has 2 aromatic rings. The Labute approximate surface area is 112 Å². The molecule has 16 heavy (non-hydrogen) atoms. The monoisotopic (exact) mass is 315 g/mol. The van der Waals surface area contributed by atoms with Crippen LogP contribution in [-0.2, 0) is 6.42 Å². The van der Waals surface area contributed by atoms with Gasteiger partial charge in [-0.3, -0.25) is 0 Å². The van der Waals surface area contributed by atoms with E-state index in [1.807, 2.05) is 24.3 Å². The molecular formula is C12H11BrClNS. The fourth-order valence-electron chi connectivity index (χ4n) is 1.51. The smallest absolute Gasteiger partial charge is 0.0406 e. The van der Waals surface area contributed by atoms with Crippen LogP contribution in [0.4, 0.5) is 0 Å².